The molecule has 0 heterocycles. The summed E-state index contributed by atoms with van der Waals surface area (Å²) in [5.74, 6) is 2.40. The van der Waals surface area contributed by atoms with Crippen molar-refractivity contribution in [3.05, 3.63) is 12.2 Å². The maximum atomic E-state index is 9.21. The molecule has 0 rings (SSSR count). The van der Waals surface area contributed by atoms with Gasteiger partial charge in [-0.3, -0.25) is 0 Å². The zero-order valence-corrected chi connectivity index (χ0v) is 6.43. The van der Waals surface area contributed by atoms with E-state index in [0.29, 0.717) is 6.42 Å². The SMILES string of the molecule is C#CCC(O)C(=C)CCC. The first-order valence-corrected chi connectivity index (χ1v) is 3.51. The van der Waals surface area contributed by atoms with Crippen LogP contribution in [0.4, 0.5) is 0 Å². The summed E-state index contributed by atoms with van der Waals surface area (Å²) in [6, 6.07) is 0. The lowest BCUT2D eigenvalue weighted by Gasteiger charge is -2.08. The van der Waals surface area contributed by atoms with Crippen LogP contribution in [0.1, 0.15) is 26.2 Å². The average molecular weight is 138 g/mol. The predicted octanol–water partition coefficient (Wildman–Crippen LogP) is 1.73. The Labute approximate surface area is 62.8 Å². The first-order valence-electron chi connectivity index (χ1n) is 3.51. The zero-order chi connectivity index (χ0) is 7.98. The van der Waals surface area contributed by atoms with Gasteiger partial charge in [0.1, 0.15) is 0 Å². The van der Waals surface area contributed by atoms with E-state index in [1.807, 2.05) is 6.92 Å². The van der Waals surface area contributed by atoms with E-state index in [4.69, 9.17) is 6.42 Å². The molecule has 1 N–H and O–H groups in total. The minimum Gasteiger partial charge on any atom is -0.388 e. The van der Waals surface area contributed by atoms with E-state index < -0.39 is 6.10 Å². The van der Waals surface area contributed by atoms with Gasteiger partial charge in [-0.1, -0.05) is 19.9 Å². The van der Waals surface area contributed by atoms with Crippen molar-refractivity contribution in [3.8, 4) is 12.3 Å². The summed E-state index contributed by atoms with van der Waals surface area (Å²) in [7, 11) is 0. The fourth-order valence-corrected chi connectivity index (χ4v) is 0.744. The second-order valence-corrected chi connectivity index (χ2v) is 2.33. The topological polar surface area (TPSA) is 20.2 Å². The van der Waals surface area contributed by atoms with Crippen molar-refractivity contribution >= 4 is 0 Å². The molecular weight excluding hydrogens is 124 g/mol. The molecule has 0 saturated carbocycles. The van der Waals surface area contributed by atoms with Crippen LogP contribution in [-0.4, -0.2) is 11.2 Å². The summed E-state index contributed by atoms with van der Waals surface area (Å²) in [6.45, 7) is 5.77. The van der Waals surface area contributed by atoms with E-state index in [2.05, 4.69) is 12.5 Å². The molecule has 0 aliphatic rings. The monoisotopic (exact) mass is 138 g/mol. The molecule has 0 bridgehead atoms. The van der Waals surface area contributed by atoms with Gasteiger partial charge in [-0.2, -0.15) is 0 Å². The lowest BCUT2D eigenvalue weighted by molar-refractivity contribution is 0.213. The zero-order valence-electron chi connectivity index (χ0n) is 6.43. The van der Waals surface area contributed by atoms with Gasteiger partial charge < -0.3 is 5.11 Å². The Morgan fingerprint density at radius 3 is 2.80 bits per heavy atom. The predicted molar refractivity (Wildman–Crippen MR) is 43.5 cm³/mol. The lowest BCUT2D eigenvalue weighted by atomic mass is 10.0. The highest BCUT2D eigenvalue weighted by molar-refractivity contribution is 5.05. The molecule has 1 atom stereocenters. The highest BCUT2D eigenvalue weighted by Gasteiger charge is 2.04. The van der Waals surface area contributed by atoms with Gasteiger partial charge in [-0.25, -0.2) is 0 Å². The molecule has 1 nitrogen and oxygen atoms in total. The molecule has 0 amide bonds. The average Bonchev–Trinajstić information content (AvgIpc) is 1.89. The minimum atomic E-state index is -0.495. The molecule has 0 saturated heterocycles. The van der Waals surface area contributed by atoms with Gasteiger partial charge in [0.2, 0.25) is 0 Å². The van der Waals surface area contributed by atoms with E-state index in [-0.39, 0.29) is 0 Å². The fourth-order valence-electron chi connectivity index (χ4n) is 0.744. The smallest absolute Gasteiger partial charge is 0.0856 e. The van der Waals surface area contributed by atoms with Gasteiger partial charge in [0.15, 0.2) is 0 Å². The van der Waals surface area contributed by atoms with Crippen LogP contribution in [0.15, 0.2) is 12.2 Å². The number of aliphatic hydroxyl groups is 1. The standard InChI is InChI=1S/C9H14O/c1-4-6-8(3)9(10)7-5-2/h2,9-10H,3-4,6-7H2,1H3. The third kappa shape index (κ3) is 3.32. The summed E-state index contributed by atoms with van der Waals surface area (Å²) in [5, 5.41) is 9.21. The normalized spacial score (nSPS) is 12.1. The number of aliphatic hydroxyl groups excluding tert-OH is 1. The van der Waals surface area contributed by atoms with Crippen molar-refractivity contribution in [2.75, 3.05) is 0 Å². The van der Waals surface area contributed by atoms with Crippen molar-refractivity contribution in [2.24, 2.45) is 0 Å². The molecule has 10 heavy (non-hydrogen) atoms. The van der Waals surface area contributed by atoms with E-state index in [9.17, 15) is 5.11 Å². The number of rotatable bonds is 4. The molecule has 1 heteroatoms. The molecule has 0 aromatic heterocycles. The summed E-state index contributed by atoms with van der Waals surface area (Å²) in [5.41, 5.74) is 0.848. The fraction of sp³-hybridized carbons (Fsp3) is 0.556. The molecule has 0 aliphatic carbocycles. The molecule has 0 radical (unpaired) electrons. The Balaban J connectivity index is 3.62. The van der Waals surface area contributed by atoms with Gasteiger partial charge in [-0.15, -0.1) is 12.3 Å². The van der Waals surface area contributed by atoms with Crippen LogP contribution in [0, 0.1) is 12.3 Å². The summed E-state index contributed by atoms with van der Waals surface area (Å²) in [4.78, 5) is 0. The number of terminal acetylenes is 1. The highest BCUT2D eigenvalue weighted by atomic mass is 16.3. The van der Waals surface area contributed by atoms with Gasteiger partial charge in [0, 0.05) is 6.42 Å². The van der Waals surface area contributed by atoms with Crippen molar-refractivity contribution in [1.29, 1.82) is 0 Å². The van der Waals surface area contributed by atoms with Crippen LogP contribution in [0.3, 0.4) is 0 Å². The van der Waals surface area contributed by atoms with Crippen molar-refractivity contribution in [3.63, 3.8) is 0 Å². The maximum Gasteiger partial charge on any atom is 0.0856 e. The maximum absolute atomic E-state index is 9.21. The first-order chi connectivity index (χ1) is 4.72. The minimum absolute atomic E-state index is 0.388. The quantitative estimate of drug-likeness (QED) is 0.463. The Kier molecular flexibility index (Phi) is 4.70. The van der Waals surface area contributed by atoms with E-state index >= 15 is 0 Å². The Bertz CT molecular complexity index is 141. The van der Waals surface area contributed by atoms with Crippen LogP contribution in [-0.2, 0) is 0 Å². The lowest BCUT2D eigenvalue weighted by Crippen LogP contribution is -2.07. The summed E-state index contributed by atoms with van der Waals surface area (Å²) >= 11 is 0. The van der Waals surface area contributed by atoms with Gasteiger partial charge in [0.05, 0.1) is 6.10 Å². The van der Waals surface area contributed by atoms with Crippen molar-refractivity contribution in [2.45, 2.75) is 32.3 Å². The second-order valence-electron chi connectivity index (χ2n) is 2.33. The Hall–Kier alpha value is -0.740. The van der Waals surface area contributed by atoms with E-state index in [0.717, 1.165) is 18.4 Å². The van der Waals surface area contributed by atoms with Crippen molar-refractivity contribution < 1.29 is 5.11 Å². The molecule has 0 spiro atoms. The van der Waals surface area contributed by atoms with Crippen LogP contribution in [0.2, 0.25) is 0 Å². The Morgan fingerprint density at radius 2 is 2.40 bits per heavy atom. The molecule has 0 aromatic rings. The molecule has 1 unspecified atom stereocenters. The molecule has 0 aliphatic heterocycles. The first kappa shape index (κ1) is 9.26. The van der Waals surface area contributed by atoms with Crippen LogP contribution < -0.4 is 0 Å². The van der Waals surface area contributed by atoms with Gasteiger partial charge >= 0.3 is 0 Å². The van der Waals surface area contributed by atoms with Gasteiger partial charge in [0.25, 0.3) is 0 Å². The number of hydrogen-bond donors (Lipinski definition) is 1. The van der Waals surface area contributed by atoms with Crippen LogP contribution in [0.25, 0.3) is 0 Å². The highest BCUT2D eigenvalue weighted by Crippen LogP contribution is 2.09. The second kappa shape index (κ2) is 5.08. The Morgan fingerprint density at radius 1 is 1.80 bits per heavy atom. The molecular formula is C9H14O. The van der Waals surface area contributed by atoms with Crippen LogP contribution in [0.5, 0.6) is 0 Å². The molecule has 0 aromatic carbocycles. The van der Waals surface area contributed by atoms with Crippen molar-refractivity contribution in [1.82, 2.24) is 0 Å². The van der Waals surface area contributed by atoms with E-state index in [1.165, 1.54) is 0 Å². The van der Waals surface area contributed by atoms with Gasteiger partial charge in [-0.05, 0) is 12.0 Å². The largest absolute Gasteiger partial charge is 0.388 e. The van der Waals surface area contributed by atoms with Crippen LogP contribution >= 0.6 is 0 Å². The summed E-state index contributed by atoms with van der Waals surface area (Å²) < 4.78 is 0. The molecule has 56 valence electrons. The molecule has 0 fully saturated rings. The third-order valence-corrected chi connectivity index (χ3v) is 1.35. The third-order valence-electron chi connectivity index (χ3n) is 1.35. The number of hydrogen-bond acceptors (Lipinski definition) is 1. The van der Waals surface area contributed by atoms with E-state index in [1.54, 1.807) is 0 Å². The summed E-state index contributed by atoms with van der Waals surface area (Å²) in [6.07, 6.45) is 6.78.